The van der Waals surface area contributed by atoms with Crippen LogP contribution in [0.15, 0.2) is 86.1 Å². The van der Waals surface area contributed by atoms with Gasteiger partial charge in [-0.15, -0.1) is 0 Å². The van der Waals surface area contributed by atoms with Crippen LogP contribution in [-0.4, -0.2) is 192 Å². The molecule has 41 heteroatoms. The van der Waals surface area contributed by atoms with Crippen molar-refractivity contribution in [2.24, 2.45) is 24.8 Å². The number of alkyl halides is 15. The van der Waals surface area contributed by atoms with Gasteiger partial charge in [-0.05, 0) is 131 Å². The van der Waals surface area contributed by atoms with Crippen molar-refractivity contribution in [1.82, 2.24) is 49.6 Å². The number of carbonyl (C=O) groups is 3. The van der Waals surface area contributed by atoms with Gasteiger partial charge in [0.05, 0.1) is 53.4 Å². The fraction of sp³-hybridized carbons (Fsp3) is 0.567. The Kier molecular flexibility index (Phi) is 20.2. The molecule has 3 aromatic carbocycles. The van der Waals surface area contributed by atoms with E-state index in [4.69, 9.17) is 18.7 Å². The lowest BCUT2D eigenvalue weighted by molar-refractivity contribution is -0.166. The molecule has 4 saturated carbocycles. The van der Waals surface area contributed by atoms with Crippen molar-refractivity contribution >= 4 is 47.2 Å². The summed E-state index contributed by atoms with van der Waals surface area (Å²) in [6, 6.07) is 11.0. The summed E-state index contributed by atoms with van der Waals surface area (Å²) >= 11 is 0. The van der Waals surface area contributed by atoms with Crippen molar-refractivity contribution in [3.05, 3.63) is 118 Å². The Morgan fingerprint density at radius 2 is 0.917 bits per heavy atom. The molecule has 6 heterocycles. The van der Waals surface area contributed by atoms with Gasteiger partial charge in [0.15, 0.2) is 59.5 Å². The van der Waals surface area contributed by atoms with E-state index in [1.807, 2.05) is 0 Å². The maximum Gasteiger partial charge on any atom is 0.451 e. The van der Waals surface area contributed by atoms with Crippen LogP contribution in [0.2, 0.25) is 0 Å². The van der Waals surface area contributed by atoms with E-state index in [0.717, 1.165) is 89.0 Å². The molecule has 0 radical (unpaired) electrons. The standard InChI is InChI=1S/C23H24F5N3O5S.C23H24F5N3O4S.C21H23F5N4O4S/c1-12(20(2,24)25)35-16-5-4-14(37(3,33)34)8-15(16)17(32)31-10-13-9-21(13,11-31)18-29-19(36-30-18)22(6-7-22)23(26,27)28;1-4-36(33,34)15-5-6-17(35-13(2)21(3,24)25)16(9-15)19(32)31-11-14-10-22(14,12-31)20-29-8-7-18(30-20)23(26,27)28;1-11(19(2,22)23)34-15-6-5-13(35(4,32)33)7-14(15)16(31)30-9-12-8-20(12,10-30)17-27-18(21(24,25)26)29(3)28-17/h4-5,8,12-13H,6-7,9-11H2,1-3H3;5-9,13-14H,4,10-12H2,1-3H3;5-7,11-12H,8-10H2,1-4H3. The number of hydrogen-bond acceptors (Lipinski definition) is 19. The zero-order chi connectivity index (χ0) is 80.0. The first-order chi connectivity index (χ1) is 49.5. The van der Waals surface area contributed by atoms with Gasteiger partial charge in [-0.3, -0.25) is 14.4 Å². The molecule has 13 rings (SSSR count). The van der Waals surface area contributed by atoms with Crippen LogP contribution < -0.4 is 14.2 Å². The Morgan fingerprint density at radius 3 is 1.26 bits per heavy atom. The highest BCUT2D eigenvalue weighted by molar-refractivity contribution is 7.91. The van der Waals surface area contributed by atoms with Crippen molar-refractivity contribution < 1.29 is 124 Å². The van der Waals surface area contributed by atoms with E-state index < -0.39 is 141 Å². The molecule has 3 aromatic heterocycles. The molecule has 6 aromatic rings. The number of aryl methyl sites for hydroxylation is 1. The summed E-state index contributed by atoms with van der Waals surface area (Å²) in [6.07, 6.45) is -14.5. The van der Waals surface area contributed by atoms with E-state index in [2.05, 4.69) is 30.2 Å². The minimum Gasteiger partial charge on any atom is -0.484 e. The maximum atomic E-state index is 13.8. The number of fused-ring (bicyclic) bond motifs is 3. The van der Waals surface area contributed by atoms with Crippen LogP contribution in [0.5, 0.6) is 17.2 Å². The molecule has 0 bridgehead atoms. The van der Waals surface area contributed by atoms with Gasteiger partial charge in [0.25, 0.3) is 35.5 Å². The fourth-order valence-electron chi connectivity index (χ4n) is 13.5. The predicted octanol–water partition coefficient (Wildman–Crippen LogP) is 11.1. The SMILES string of the molecule is CC(Oc1ccc(S(C)(=O)=O)cc1C(=O)N1CC2CC2(c2nc(C(F)(F)F)n(C)n2)C1)C(C)(F)F.CC(Oc1ccc(S(C)(=O)=O)cc1C(=O)N1CC2CC2(c2noc(C3(C(F)(F)F)CC3)n2)C1)C(C)(F)F.CCS(=O)(=O)c1ccc(OC(C)C(C)(F)F)c(C(=O)N2CC3CC3(c3nccc(C(F)(F)F)n3)C2)c1. The van der Waals surface area contributed by atoms with Crippen molar-refractivity contribution in [1.29, 1.82) is 0 Å². The first kappa shape index (κ1) is 80.6. The van der Waals surface area contributed by atoms with Crippen LogP contribution in [0.25, 0.3) is 0 Å². The molecule has 3 saturated heterocycles. The number of amides is 3. The number of sulfone groups is 3. The fourth-order valence-corrected chi connectivity index (χ4v) is 15.7. The molecular formula is C67H71F15N10O13S3. The van der Waals surface area contributed by atoms with Crippen LogP contribution in [0, 0.1) is 17.8 Å². The molecule has 9 unspecified atom stereocenters. The molecule has 23 nitrogen and oxygen atoms in total. The summed E-state index contributed by atoms with van der Waals surface area (Å²) < 4.78 is 297. The second kappa shape index (κ2) is 27.0. The maximum absolute atomic E-state index is 13.8. The van der Waals surface area contributed by atoms with Gasteiger partial charge in [-0.2, -0.15) is 49.6 Å². The predicted molar refractivity (Wildman–Crippen MR) is 347 cm³/mol. The van der Waals surface area contributed by atoms with Crippen molar-refractivity contribution in [3.63, 3.8) is 0 Å². The number of halogens is 15. The van der Waals surface area contributed by atoms with Crippen LogP contribution in [0.1, 0.15) is 147 Å². The van der Waals surface area contributed by atoms with E-state index in [1.54, 1.807) is 0 Å². The lowest BCUT2D eigenvalue weighted by Crippen LogP contribution is -2.36. The third kappa shape index (κ3) is 15.7. The Labute approximate surface area is 608 Å². The molecule has 3 amide bonds. The Hall–Kier alpha value is -8.37. The van der Waals surface area contributed by atoms with E-state index in [1.165, 1.54) is 39.8 Å². The average molecular weight is 1610 g/mol. The average Bonchev–Trinajstić information content (AvgIpc) is 1.54. The van der Waals surface area contributed by atoms with E-state index >= 15 is 0 Å². The number of piperidine rings is 3. The summed E-state index contributed by atoms with van der Waals surface area (Å²) in [6.45, 7) is 7.34. The minimum absolute atomic E-state index is 0.000155. The van der Waals surface area contributed by atoms with E-state index in [-0.39, 0.29) is 142 Å². The van der Waals surface area contributed by atoms with Gasteiger partial charge in [0.2, 0.25) is 11.7 Å². The Balaban J connectivity index is 0.000000161. The largest absolute Gasteiger partial charge is 0.484 e. The minimum atomic E-state index is -4.69. The van der Waals surface area contributed by atoms with Crippen LogP contribution in [0.4, 0.5) is 65.9 Å². The third-order valence-electron chi connectivity index (χ3n) is 20.9. The number of carbonyl (C=O) groups excluding carboxylic acids is 3. The van der Waals surface area contributed by atoms with Gasteiger partial charge in [0, 0.05) is 85.8 Å². The summed E-state index contributed by atoms with van der Waals surface area (Å²) in [5.74, 6) is -14.7. The summed E-state index contributed by atoms with van der Waals surface area (Å²) in [5.41, 5.74) is -6.35. The third-order valence-corrected chi connectivity index (χ3v) is 24.9. The molecular weight excluding hydrogens is 1530 g/mol. The smallest absolute Gasteiger partial charge is 0.451 e. The van der Waals surface area contributed by atoms with Crippen LogP contribution in [0.3, 0.4) is 0 Å². The Bertz CT molecular complexity index is 4910. The van der Waals surface area contributed by atoms with Crippen molar-refractivity contribution in [2.45, 2.75) is 172 Å². The van der Waals surface area contributed by atoms with Gasteiger partial charge >= 0.3 is 18.5 Å². The monoisotopic (exact) mass is 1600 g/mol. The molecule has 4 aliphatic carbocycles. The van der Waals surface area contributed by atoms with Gasteiger partial charge in [-0.25, -0.2) is 71.2 Å². The van der Waals surface area contributed by atoms with Crippen molar-refractivity contribution in [3.8, 4) is 17.2 Å². The number of hydrogen-bond donors (Lipinski definition) is 0. The lowest BCUT2D eigenvalue weighted by atomic mass is 10.0. The van der Waals surface area contributed by atoms with Crippen molar-refractivity contribution in [2.75, 3.05) is 57.5 Å². The molecule has 9 atom stereocenters. The summed E-state index contributed by atoms with van der Waals surface area (Å²) in [7, 11) is -10.1. The van der Waals surface area contributed by atoms with Crippen LogP contribution in [-0.2, 0) is 70.6 Å². The normalized spacial score (nSPS) is 23.9. The molecule has 590 valence electrons. The highest BCUT2D eigenvalue weighted by Crippen LogP contribution is 2.63. The second-order valence-electron chi connectivity index (χ2n) is 28.9. The number of nitrogens with zero attached hydrogens (tertiary/aromatic N) is 10. The number of likely N-dealkylation sites (tertiary alicyclic amines) is 3. The highest BCUT2D eigenvalue weighted by atomic mass is 32.2. The summed E-state index contributed by atoms with van der Waals surface area (Å²) in [5, 5.41) is 7.75. The molecule has 7 fully saturated rings. The Morgan fingerprint density at radius 1 is 0.537 bits per heavy atom. The van der Waals surface area contributed by atoms with Gasteiger partial charge in [-0.1, -0.05) is 12.1 Å². The zero-order valence-corrected chi connectivity index (χ0v) is 61.4. The summed E-state index contributed by atoms with van der Waals surface area (Å²) in [4.78, 5) is 59.3. The molecule has 0 N–H and O–H groups in total. The lowest BCUT2D eigenvalue weighted by Gasteiger charge is -2.25. The topological polar surface area (TPSA) is 286 Å². The molecule has 7 aliphatic rings. The van der Waals surface area contributed by atoms with Gasteiger partial charge < -0.3 is 33.4 Å². The number of aromatic nitrogens is 7. The van der Waals surface area contributed by atoms with Gasteiger partial charge in [0.1, 0.15) is 34.2 Å². The molecule has 3 aliphatic heterocycles. The second-order valence-corrected chi connectivity index (χ2v) is 35.3. The molecule has 108 heavy (non-hydrogen) atoms. The van der Waals surface area contributed by atoms with E-state index in [9.17, 15) is 105 Å². The zero-order valence-electron chi connectivity index (χ0n) is 59.0. The number of rotatable bonds is 20. The van der Waals surface area contributed by atoms with E-state index in [0.29, 0.717) is 44.7 Å². The molecule has 0 spiro atoms. The first-order valence-electron chi connectivity index (χ1n) is 33.4. The quantitative estimate of drug-likeness (QED) is 0.0642. The number of benzene rings is 3. The van der Waals surface area contributed by atoms with Crippen LogP contribution >= 0.6 is 0 Å². The highest BCUT2D eigenvalue weighted by Gasteiger charge is 2.71. The first-order valence-corrected chi connectivity index (χ1v) is 38.8. The number of ether oxygens (including phenoxy) is 3.